The summed E-state index contributed by atoms with van der Waals surface area (Å²) >= 11 is 1.62. The Hall–Kier alpha value is -2.28. The second kappa shape index (κ2) is 10.1. The van der Waals surface area contributed by atoms with Crippen LogP contribution in [0.3, 0.4) is 0 Å². The van der Waals surface area contributed by atoms with Crippen LogP contribution in [0.5, 0.6) is 0 Å². The van der Waals surface area contributed by atoms with E-state index in [-0.39, 0.29) is 5.91 Å². The van der Waals surface area contributed by atoms with E-state index in [1.54, 1.807) is 11.3 Å². The van der Waals surface area contributed by atoms with Crippen molar-refractivity contribution in [3.05, 3.63) is 58.1 Å². The van der Waals surface area contributed by atoms with Gasteiger partial charge in [0, 0.05) is 26.2 Å². The number of nitrogens with zero attached hydrogens (tertiary/aromatic N) is 3. The topological polar surface area (TPSA) is 45.7 Å². The van der Waals surface area contributed by atoms with Gasteiger partial charge in [0.25, 0.3) is 0 Å². The summed E-state index contributed by atoms with van der Waals surface area (Å²) in [6.45, 7) is 13.6. The van der Waals surface area contributed by atoms with Gasteiger partial charge in [-0.25, -0.2) is 4.98 Å². The molecule has 0 N–H and O–H groups in total. The first-order valence-corrected chi connectivity index (χ1v) is 12.3. The average Bonchev–Trinajstić information content (AvgIpc) is 3.22. The summed E-state index contributed by atoms with van der Waals surface area (Å²) in [5, 5.41) is 0.811. The Labute approximate surface area is 195 Å². The summed E-state index contributed by atoms with van der Waals surface area (Å²) in [6.07, 6.45) is 1.32. The molecule has 0 aliphatic carbocycles. The van der Waals surface area contributed by atoms with Gasteiger partial charge in [-0.05, 0) is 62.4 Å². The van der Waals surface area contributed by atoms with E-state index < -0.39 is 0 Å². The average molecular weight is 452 g/mol. The molecule has 2 heterocycles. The molecule has 1 aliphatic heterocycles. The number of anilines is 1. The van der Waals surface area contributed by atoms with Gasteiger partial charge in [-0.15, -0.1) is 0 Å². The number of ether oxygens (including phenoxy) is 1. The van der Waals surface area contributed by atoms with Gasteiger partial charge < -0.3 is 4.74 Å². The van der Waals surface area contributed by atoms with Crippen LogP contribution in [0, 0.1) is 27.7 Å². The van der Waals surface area contributed by atoms with E-state index in [0.29, 0.717) is 13.0 Å². The standard InChI is InChI=1S/C26H33N3O2S/c1-18-6-7-20(3)22(16-18)17-24(30)29(11-5-10-28-12-14-31-15-13-28)26-27-25-21(4)19(2)8-9-23(25)32-26/h6-9,16H,5,10-15,17H2,1-4H3. The lowest BCUT2D eigenvalue weighted by Gasteiger charge is -2.28. The number of fused-ring (bicyclic) bond motifs is 1. The number of rotatable bonds is 7. The molecule has 1 fully saturated rings. The van der Waals surface area contributed by atoms with Crippen LogP contribution in [0.2, 0.25) is 0 Å². The van der Waals surface area contributed by atoms with Crippen molar-refractivity contribution in [2.45, 2.75) is 40.5 Å². The molecular formula is C26H33N3O2S. The number of hydrogen-bond acceptors (Lipinski definition) is 5. The first kappa shape index (κ1) is 22.9. The van der Waals surface area contributed by atoms with Gasteiger partial charge in [0.15, 0.2) is 5.13 Å². The van der Waals surface area contributed by atoms with Crippen LogP contribution >= 0.6 is 11.3 Å². The van der Waals surface area contributed by atoms with Crippen molar-refractivity contribution >= 4 is 32.6 Å². The van der Waals surface area contributed by atoms with E-state index in [1.165, 1.54) is 16.7 Å². The predicted octanol–water partition coefficient (Wildman–Crippen LogP) is 4.83. The molecule has 1 amide bonds. The van der Waals surface area contributed by atoms with Crippen LogP contribution < -0.4 is 4.90 Å². The number of carbonyl (C=O) groups is 1. The number of carbonyl (C=O) groups excluding carboxylic acids is 1. The molecule has 0 bridgehead atoms. The molecule has 2 aromatic carbocycles. The highest BCUT2D eigenvalue weighted by Gasteiger charge is 2.22. The smallest absolute Gasteiger partial charge is 0.233 e. The van der Waals surface area contributed by atoms with Gasteiger partial charge in [-0.2, -0.15) is 0 Å². The van der Waals surface area contributed by atoms with Crippen LogP contribution in [-0.2, 0) is 16.0 Å². The van der Waals surface area contributed by atoms with Gasteiger partial charge in [-0.3, -0.25) is 14.6 Å². The molecular weight excluding hydrogens is 418 g/mol. The fourth-order valence-electron chi connectivity index (χ4n) is 4.18. The van der Waals surface area contributed by atoms with Crippen molar-refractivity contribution in [1.82, 2.24) is 9.88 Å². The highest BCUT2D eigenvalue weighted by Crippen LogP contribution is 2.32. The molecule has 1 saturated heterocycles. The van der Waals surface area contributed by atoms with Crippen molar-refractivity contribution in [2.24, 2.45) is 0 Å². The molecule has 6 heteroatoms. The minimum atomic E-state index is 0.120. The first-order valence-electron chi connectivity index (χ1n) is 11.5. The van der Waals surface area contributed by atoms with Crippen LogP contribution in [0.1, 0.15) is 34.2 Å². The summed E-state index contributed by atoms with van der Waals surface area (Å²) < 4.78 is 6.60. The molecule has 0 atom stereocenters. The van der Waals surface area contributed by atoms with Crippen molar-refractivity contribution in [2.75, 3.05) is 44.3 Å². The fraction of sp³-hybridized carbons (Fsp3) is 0.462. The lowest BCUT2D eigenvalue weighted by atomic mass is 10.0. The SMILES string of the molecule is Cc1ccc(C)c(CC(=O)N(CCCN2CCOCC2)c2nc3c(C)c(C)ccc3s2)c1. The normalized spacial score (nSPS) is 14.8. The summed E-state index contributed by atoms with van der Waals surface area (Å²) in [7, 11) is 0. The van der Waals surface area contributed by atoms with Gasteiger partial charge in [-0.1, -0.05) is 41.2 Å². The second-order valence-electron chi connectivity index (χ2n) is 8.81. The van der Waals surface area contributed by atoms with Crippen molar-refractivity contribution in [1.29, 1.82) is 0 Å². The van der Waals surface area contributed by atoms with Crippen molar-refractivity contribution in [3.8, 4) is 0 Å². The van der Waals surface area contributed by atoms with Gasteiger partial charge in [0.2, 0.25) is 5.91 Å². The summed E-state index contributed by atoms with van der Waals surface area (Å²) in [5.41, 5.74) is 6.88. The Balaban J connectivity index is 1.57. The largest absolute Gasteiger partial charge is 0.379 e. The molecule has 4 rings (SSSR count). The molecule has 1 aromatic heterocycles. The third kappa shape index (κ3) is 5.20. The Bertz CT molecular complexity index is 1100. The Morgan fingerprint density at radius 2 is 1.84 bits per heavy atom. The fourth-order valence-corrected chi connectivity index (χ4v) is 5.25. The molecule has 1 aliphatic rings. The highest BCUT2D eigenvalue weighted by atomic mass is 32.1. The van der Waals surface area contributed by atoms with Crippen LogP contribution in [-0.4, -0.2) is 55.2 Å². The number of thiazole rings is 1. The molecule has 0 saturated carbocycles. The van der Waals surface area contributed by atoms with E-state index in [4.69, 9.17) is 9.72 Å². The van der Waals surface area contributed by atoms with E-state index in [2.05, 4.69) is 62.9 Å². The van der Waals surface area contributed by atoms with Crippen molar-refractivity contribution < 1.29 is 9.53 Å². The van der Waals surface area contributed by atoms with E-state index in [0.717, 1.165) is 65.7 Å². The van der Waals surface area contributed by atoms with Crippen molar-refractivity contribution in [3.63, 3.8) is 0 Å². The molecule has 5 nitrogen and oxygen atoms in total. The van der Waals surface area contributed by atoms with E-state index in [9.17, 15) is 4.79 Å². The number of aromatic nitrogens is 1. The zero-order valence-electron chi connectivity index (χ0n) is 19.6. The number of amides is 1. The molecule has 0 radical (unpaired) electrons. The molecule has 0 spiro atoms. The maximum absolute atomic E-state index is 13.5. The second-order valence-corrected chi connectivity index (χ2v) is 9.82. The van der Waals surface area contributed by atoms with Crippen LogP contribution in [0.15, 0.2) is 30.3 Å². The number of hydrogen-bond donors (Lipinski definition) is 0. The van der Waals surface area contributed by atoms with Gasteiger partial charge in [0.05, 0.1) is 29.9 Å². The number of benzene rings is 2. The quantitative estimate of drug-likeness (QED) is 0.516. The predicted molar refractivity (Wildman–Crippen MR) is 133 cm³/mol. The third-order valence-electron chi connectivity index (χ3n) is 6.41. The minimum Gasteiger partial charge on any atom is -0.379 e. The monoisotopic (exact) mass is 451 g/mol. The lowest BCUT2D eigenvalue weighted by molar-refractivity contribution is -0.118. The molecule has 32 heavy (non-hydrogen) atoms. The third-order valence-corrected chi connectivity index (χ3v) is 7.46. The van der Waals surface area contributed by atoms with Crippen LogP contribution in [0.4, 0.5) is 5.13 Å². The van der Waals surface area contributed by atoms with Gasteiger partial charge >= 0.3 is 0 Å². The van der Waals surface area contributed by atoms with Crippen LogP contribution in [0.25, 0.3) is 10.2 Å². The maximum Gasteiger partial charge on any atom is 0.233 e. The lowest BCUT2D eigenvalue weighted by Crippen LogP contribution is -2.39. The highest BCUT2D eigenvalue weighted by molar-refractivity contribution is 7.22. The minimum absolute atomic E-state index is 0.120. The van der Waals surface area contributed by atoms with E-state index >= 15 is 0 Å². The molecule has 3 aromatic rings. The first-order chi connectivity index (χ1) is 15.4. The zero-order chi connectivity index (χ0) is 22.7. The Morgan fingerprint density at radius 3 is 2.62 bits per heavy atom. The van der Waals surface area contributed by atoms with Gasteiger partial charge in [0.1, 0.15) is 0 Å². The number of aryl methyl sites for hydroxylation is 4. The summed E-state index contributed by atoms with van der Waals surface area (Å²) in [5.74, 6) is 0.120. The molecule has 170 valence electrons. The van der Waals surface area contributed by atoms with E-state index in [1.807, 2.05) is 4.90 Å². The Morgan fingerprint density at radius 1 is 1.09 bits per heavy atom. The number of morpholine rings is 1. The zero-order valence-corrected chi connectivity index (χ0v) is 20.4. The Kier molecular flexibility index (Phi) is 7.23. The maximum atomic E-state index is 13.5. The summed E-state index contributed by atoms with van der Waals surface area (Å²) in [4.78, 5) is 22.8. The summed E-state index contributed by atoms with van der Waals surface area (Å²) in [6, 6.07) is 10.6. The molecule has 0 unspecified atom stereocenters.